The van der Waals surface area contributed by atoms with Gasteiger partial charge in [0, 0.05) is 12.6 Å². The zero-order chi connectivity index (χ0) is 14.5. The molecule has 1 unspecified atom stereocenters. The molecule has 1 aliphatic heterocycles. The van der Waals surface area contributed by atoms with Gasteiger partial charge in [0.25, 0.3) is 0 Å². The van der Waals surface area contributed by atoms with Gasteiger partial charge >= 0.3 is 5.97 Å². The molecule has 2 N–H and O–H groups in total. The lowest BCUT2D eigenvalue weighted by molar-refractivity contribution is 0.0599. The summed E-state index contributed by atoms with van der Waals surface area (Å²) in [6.45, 7) is 3.55. The molecule has 20 heavy (non-hydrogen) atoms. The Morgan fingerprint density at radius 1 is 1.50 bits per heavy atom. The molecule has 5 heteroatoms. The highest BCUT2D eigenvalue weighted by Gasteiger charge is 2.23. The van der Waals surface area contributed by atoms with E-state index in [9.17, 15) is 4.79 Å². The summed E-state index contributed by atoms with van der Waals surface area (Å²) >= 11 is 0. The lowest BCUT2D eigenvalue weighted by Crippen LogP contribution is -2.41. The van der Waals surface area contributed by atoms with Gasteiger partial charge in [-0.25, -0.2) is 9.78 Å². The summed E-state index contributed by atoms with van der Waals surface area (Å²) in [6.07, 6.45) is 4.58. The number of methoxy groups -OCH3 is 1. The van der Waals surface area contributed by atoms with E-state index in [1.54, 1.807) is 6.07 Å². The number of carbonyl (C=O) groups is 1. The monoisotopic (exact) mass is 277 g/mol. The van der Waals surface area contributed by atoms with E-state index in [2.05, 4.69) is 9.88 Å². The molecule has 5 nitrogen and oxygen atoms in total. The molecular weight excluding hydrogens is 254 g/mol. The number of rotatable bonds is 4. The second kappa shape index (κ2) is 6.70. The molecule has 0 spiro atoms. The van der Waals surface area contributed by atoms with Crippen LogP contribution in [0.25, 0.3) is 0 Å². The molecule has 1 aromatic heterocycles. The minimum Gasteiger partial charge on any atom is -0.465 e. The molecule has 1 aliphatic rings. The largest absolute Gasteiger partial charge is 0.465 e. The molecule has 0 amide bonds. The summed E-state index contributed by atoms with van der Waals surface area (Å²) in [5.41, 5.74) is 6.95. The Morgan fingerprint density at radius 3 is 2.95 bits per heavy atom. The molecule has 0 aliphatic carbocycles. The summed E-state index contributed by atoms with van der Waals surface area (Å²) < 4.78 is 4.75. The van der Waals surface area contributed by atoms with Crippen molar-refractivity contribution in [1.29, 1.82) is 0 Å². The molecule has 0 bridgehead atoms. The number of aromatic nitrogens is 1. The minimum atomic E-state index is -0.335. The van der Waals surface area contributed by atoms with E-state index in [0.29, 0.717) is 23.8 Å². The van der Waals surface area contributed by atoms with Crippen LogP contribution >= 0.6 is 0 Å². The molecule has 2 heterocycles. The summed E-state index contributed by atoms with van der Waals surface area (Å²) in [5, 5.41) is 0. The quantitative estimate of drug-likeness (QED) is 0.851. The van der Waals surface area contributed by atoms with Gasteiger partial charge in [0.05, 0.1) is 18.4 Å². The van der Waals surface area contributed by atoms with Gasteiger partial charge in [-0.2, -0.15) is 0 Å². The number of aryl methyl sites for hydroxylation is 1. The van der Waals surface area contributed by atoms with Crippen LogP contribution in [0.15, 0.2) is 12.1 Å². The zero-order valence-electron chi connectivity index (χ0n) is 12.3. The third kappa shape index (κ3) is 3.10. The molecule has 1 atom stereocenters. The minimum absolute atomic E-state index is 0.335. The highest BCUT2D eigenvalue weighted by atomic mass is 16.5. The Balaban J connectivity index is 2.23. The number of hydrogen-bond donors (Lipinski definition) is 1. The van der Waals surface area contributed by atoms with Crippen molar-refractivity contribution in [3.8, 4) is 0 Å². The lowest BCUT2D eigenvalue weighted by atomic mass is 9.99. The van der Waals surface area contributed by atoms with Crippen molar-refractivity contribution < 1.29 is 9.53 Å². The van der Waals surface area contributed by atoms with Crippen molar-refractivity contribution in [3.05, 3.63) is 23.4 Å². The second-order valence-electron chi connectivity index (χ2n) is 5.21. The standard InChI is InChI=1S/C15H23N3O2/c1-11-13(15(19)20-2)6-7-14(17-11)18-10-4-3-5-12(18)8-9-16/h6-7,12H,3-5,8-10,16H2,1-2H3. The zero-order valence-corrected chi connectivity index (χ0v) is 12.3. The SMILES string of the molecule is COC(=O)c1ccc(N2CCCCC2CCN)nc1C. The van der Waals surface area contributed by atoms with Crippen LogP contribution < -0.4 is 10.6 Å². The maximum Gasteiger partial charge on any atom is 0.339 e. The lowest BCUT2D eigenvalue weighted by Gasteiger charge is -2.36. The van der Waals surface area contributed by atoms with Crippen molar-refractivity contribution in [3.63, 3.8) is 0 Å². The normalized spacial score (nSPS) is 18.9. The highest BCUT2D eigenvalue weighted by molar-refractivity contribution is 5.90. The summed E-state index contributed by atoms with van der Waals surface area (Å²) in [5.74, 6) is 0.604. The van der Waals surface area contributed by atoms with Crippen LogP contribution in [-0.2, 0) is 4.74 Å². The Hall–Kier alpha value is -1.62. The molecule has 1 fully saturated rings. The first-order valence-corrected chi connectivity index (χ1v) is 7.20. The maximum absolute atomic E-state index is 11.6. The van der Waals surface area contributed by atoms with Gasteiger partial charge in [0.1, 0.15) is 5.82 Å². The van der Waals surface area contributed by atoms with Crippen molar-refractivity contribution in [2.24, 2.45) is 5.73 Å². The first-order chi connectivity index (χ1) is 9.67. The van der Waals surface area contributed by atoms with E-state index < -0.39 is 0 Å². The van der Waals surface area contributed by atoms with Crippen LogP contribution in [0.2, 0.25) is 0 Å². The molecule has 2 rings (SSSR count). The molecule has 0 saturated carbocycles. The van der Waals surface area contributed by atoms with Crippen molar-refractivity contribution in [1.82, 2.24) is 4.98 Å². The van der Waals surface area contributed by atoms with Crippen LogP contribution in [0.4, 0.5) is 5.82 Å². The smallest absolute Gasteiger partial charge is 0.339 e. The predicted octanol–water partition coefficient (Wildman–Crippen LogP) is 1.88. The number of pyridine rings is 1. The van der Waals surface area contributed by atoms with E-state index in [-0.39, 0.29) is 5.97 Å². The number of hydrogen-bond acceptors (Lipinski definition) is 5. The Morgan fingerprint density at radius 2 is 2.30 bits per heavy atom. The first kappa shape index (κ1) is 14.8. The molecule has 1 saturated heterocycles. The van der Waals surface area contributed by atoms with E-state index in [1.807, 2.05) is 13.0 Å². The Kier molecular flexibility index (Phi) is 4.95. The molecular formula is C15H23N3O2. The van der Waals surface area contributed by atoms with Crippen LogP contribution in [0.1, 0.15) is 41.7 Å². The number of nitrogens with zero attached hydrogens (tertiary/aromatic N) is 2. The van der Waals surface area contributed by atoms with Crippen LogP contribution in [-0.4, -0.2) is 37.2 Å². The third-order valence-corrected chi connectivity index (χ3v) is 3.90. The molecule has 0 radical (unpaired) electrons. The van der Waals surface area contributed by atoms with E-state index in [4.69, 9.17) is 10.5 Å². The maximum atomic E-state index is 11.6. The third-order valence-electron chi connectivity index (χ3n) is 3.90. The average Bonchev–Trinajstić information content (AvgIpc) is 2.47. The van der Waals surface area contributed by atoms with Gasteiger partial charge in [-0.15, -0.1) is 0 Å². The van der Waals surface area contributed by atoms with Gasteiger partial charge in [-0.05, 0) is 51.3 Å². The number of esters is 1. The fraction of sp³-hybridized carbons (Fsp3) is 0.600. The van der Waals surface area contributed by atoms with Gasteiger partial charge in [0.15, 0.2) is 0 Å². The highest BCUT2D eigenvalue weighted by Crippen LogP contribution is 2.25. The van der Waals surface area contributed by atoms with Crippen molar-refractivity contribution in [2.75, 3.05) is 25.1 Å². The average molecular weight is 277 g/mol. The van der Waals surface area contributed by atoms with E-state index in [0.717, 1.165) is 25.2 Å². The number of nitrogens with two attached hydrogens (primary N) is 1. The van der Waals surface area contributed by atoms with Gasteiger partial charge in [0.2, 0.25) is 0 Å². The second-order valence-corrected chi connectivity index (χ2v) is 5.21. The summed E-state index contributed by atoms with van der Waals surface area (Å²) in [7, 11) is 1.39. The van der Waals surface area contributed by atoms with Crippen LogP contribution in [0.5, 0.6) is 0 Å². The number of anilines is 1. The molecule has 1 aromatic rings. The topological polar surface area (TPSA) is 68.5 Å². The first-order valence-electron chi connectivity index (χ1n) is 7.20. The fourth-order valence-corrected chi connectivity index (χ4v) is 2.83. The summed E-state index contributed by atoms with van der Waals surface area (Å²) in [6, 6.07) is 4.18. The van der Waals surface area contributed by atoms with E-state index >= 15 is 0 Å². The fourth-order valence-electron chi connectivity index (χ4n) is 2.83. The van der Waals surface area contributed by atoms with Gasteiger partial charge in [-0.3, -0.25) is 0 Å². The van der Waals surface area contributed by atoms with Crippen LogP contribution in [0, 0.1) is 6.92 Å². The number of carbonyl (C=O) groups excluding carboxylic acids is 1. The number of ether oxygens (including phenoxy) is 1. The molecule has 110 valence electrons. The Labute approximate surface area is 120 Å². The van der Waals surface area contributed by atoms with Crippen molar-refractivity contribution in [2.45, 2.75) is 38.6 Å². The number of piperidine rings is 1. The van der Waals surface area contributed by atoms with Crippen molar-refractivity contribution >= 4 is 11.8 Å². The summed E-state index contributed by atoms with van der Waals surface area (Å²) in [4.78, 5) is 18.5. The van der Waals surface area contributed by atoms with Gasteiger partial charge in [-0.1, -0.05) is 0 Å². The van der Waals surface area contributed by atoms with E-state index in [1.165, 1.54) is 20.0 Å². The predicted molar refractivity (Wildman–Crippen MR) is 79.0 cm³/mol. The molecule has 0 aromatic carbocycles. The van der Waals surface area contributed by atoms with Gasteiger partial charge < -0.3 is 15.4 Å². The Bertz CT molecular complexity index is 474. The van der Waals surface area contributed by atoms with Crippen LogP contribution in [0.3, 0.4) is 0 Å².